The Kier molecular flexibility index (Phi) is 5.37. The number of carboxylic acid groups (broad SMARTS) is 1. The summed E-state index contributed by atoms with van der Waals surface area (Å²) in [5, 5.41) is 9.31. The van der Waals surface area contributed by atoms with E-state index in [1.54, 1.807) is 28.6 Å². The van der Waals surface area contributed by atoms with E-state index in [-0.39, 0.29) is 23.4 Å². The van der Waals surface area contributed by atoms with Gasteiger partial charge in [-0.1, -0.05) is 13.8 Å². The van der Waals surface area contributed by atoms with Crippen molar-refractivity contribution in [3.63, 3.8) is 0 Å². The number of amides is 2. The van der Waals surface area contributed by atoms with Crippen molar-refractivity contribution in [3.8, 4) is 0 Å². The fourth-order valence-electron chi connectivity index (χ4n) is 2.88. The van der Waals surface area contributed by atoms with E-state index in [1.165, 1.54) is 0 Å². The van der Waals surface area contributed by atoms with Gasteiger partial charge in [0.05, 0.1) is 5.37 Å². The van der Waals surface area contributed by atoms with Crippen LogP contribution in [0.15, 0.2) is 0 Å². The van der Waals surface area contributed by atoms with E-state index in [2.05, 4.69) is 0 Å². The molecule has 0 saturated carbocycles. The fraction of sp³-hybridized carbons (Fsp3) is 0.857. The maximum Gasteiger partial charge on any atom is 0.327 e. The third-order valence-electron chi connectivity index (χ3n) is 4.15. The van der Waals surface area contributed by atoms with Crippen LogP contribution in [-0.4, -0.2) is 70.4 Å². The number of thioether (sulfide) groups is 1. The zero-order valence-corrected chi connectivity index (χ0v) is 13.6. The molecule has 0 spiro atoms. The van der Waals surface area contributed by atoms with Crippen LogP contribution in [0.1, 0.15) is 26.7 Å². The number of rotatable bonds is 3. The molecule has 0 bridgehead atoms. The Morgan fingerprint density at radius 2 is 1.95 bits per heavy atom. The van der Waals surface area contributed by atoms with E-state index in [0.717, 1.165) is 12.8 Å². The minimum atomic E-state index is -0.917. The lowest BCUT2D eigenvalue weighted by Crippen LogP contribution is -2.54. The molecule has 120 valence electrons. The molecule has 0 aromatic rings. The summed E-state index contributed by atoms with van der Waals surface area (Å²) in [6, 6.07) is -0.755. The smallest absolute Gasteiger partial charge is 0.327 e. The molecule has 0 aliphatic carbocycles. The average Bonchev–Trinajstić information content (AvgIpc) is 2.91. The van der Waals surface area contributed by atoms with Crippen LogP contribution in [0, 0.1) is 5.92 Å². The zero-order valence-electron chi connectivity index (χ0n) is 12.8. The van der Waals surface area contributed by atoms with Gasteiger partial charge in [0.15, 0.2) is 0 Å². The van der Waals surface area contributed by atoms with Gasteiger partial charge in [-0.05, 0) is 18.8 Å². The predicted octanol–water partition coefficient (Wildman–Crippen LogP) is 1.70. The highest BCUT2D eigenvalue weighted by Gasteiger charge is 2.44. The molecule has 2 unspecified atom stereocenters. The van der Waals surface area contributed by atoms with Crippen molar-refractivity contribution in [1.29, 1.82) is 0 Å². The maximum atomic E-state index is 12.8. The summed E-state index contributed by atoms with van der Waals surface area (Å²) in [4.78, 5) is 27.5. The lowest BCUT2D eigenvalue weighted by Gasteiger charge is -2.38. The van der Waals surface area contributed by atoms with Gasteiger partial charge in [-0.3, -0.25) is 4.90 Å². The van der Waals surface area contributed by atoms with Crippen molar-refractivity contribution in [2.75, 3.05) is 26.0 Å². The number of carbonyl (C=O) groups is 2. The molecule has 2 saturated heterocycles. The first kappa shape index (κ1) is 16.4. The molecule has 7 heteroatoms. The number of ether oxygens (including phenoxy) is 1. The Labute approximate surface area is 129 Å². The molecule has 2 rings (SSSR count). The molecule has 0 radical (unpaired) electrons. The molecule has 21 heavy (non-hydrogen) atoms. The van der Waals surface area contributed by atoms with Gasteiger partial charge in [0, 0.05) is 32.1 Å². The van der Waals surface area contributed by atoms with E-state index < -0.39 is 12.0 Å². The van der Waals surface area contributed by atoms with E-state index in [1.807, 2.05) is 13.8 Å². The highest BCUT2D eigenvalue weighted by atomic mass is 32.2. The second kappa shape index (κ2) is 6.87. The first-order chi connectivity index (χ1) is 9.93. The Morgan fingerprint density at radius 3 is 2.48 bits per heavy atom. The number of urea groups is 1. The Balaban J connectivity index is 2.13. The quantitative estimate of drug-likeness (QED) is 0.858. The van der Waals surface area contributed by atoms with Gasteiger partial charge >= 0.3 is 12.0 Å². The SMILES string of the molecule is CC(C)C1SCC(C(=O)O)N1C(=O)N(C)C1CCOCC1. The highest BCUT2D eigenvalue weighted by molar-refractivity contribution is 8.00. The lowest BCUT2D eigenvalue weighted by atomic mass is 10.1. The minimum absolute atomic E-state index is 0.0686. The molecule has 6 nitrogen and oxygen atoms in total. The Hall–Kier alpha value is -0.950. The van der Waals surface area contributed by atoms with Gasteiger partial charge in [-0.2, -0.15) is 0 Å². The van der Waals surface area contributed by atoms with Gasteiger partial charge in [-0.25, -0.2) is 9.59 Å². The standard InChI is InChI=1S/C14H24N2O4S/c1-9(2)12-16(11(8-21-12)13(17)18)14(19)15(3)10-4-6-20-7-5-10/h9-12H,4-8H2,1-3H3,(H,17,18). The third kappa shape index (κ3) is 3.45. The molecule has 1 N–H and O–H groups in total. The van der Waals surface area contributed by atoms with Crippen LogP contribution in [0.2, 0.25) is 0 Å². The van der Waals surface area contributed by atoms with Gasteiger partial charge < -0.3 is 14.7 Å². The number of hydrogen-bond donors (Lipinski definition) is 1. The second-order valence-corrected chi connectivity index (χ2v) is 7.12. The predicted molar refractivity (Wildman–Crippen MR) is 81.3 cm³/mol. The van der Waals surface area contributed by atoms with Gasteiger partial charge in [-0.15, -0.1) is 11.8 Å². The summed E-state index contributed by atoms with van der Waals surface area (Å²) in [6.45, 7) is 5.37. The first-order valence-corrected chi connectivity index (χ1v) is 8.45. The lowest BCUT2D eigenvalue weighted by molar-refractivity contribution is -0.141. The number of hydrogen-bond acceptors (Lipinski definition) is 4. The molecular formula is C14H24N2O4S. The van der Waals surface area contributed by atoms with Crippen molar-refractivity contribution in [1.82, 2.24) is 9.80 Å². The molecular weight excluding hydrogens is 292 g/mol. The first-order valence-electron chi connectivity index (χ1n) is 7.40. The van der Waals surface area contributed by atoms with Gasteiger partial charge in [0.1, 0.15) is 6.04 Å². The van der Waals surface area contributed by atoms with Crippen molar-refractivity contribution in [3.05, 3.63) is 0 Å². The molecule has 2 amide bonds. The maximum absolute atomic E-state index is 12.8. The molecule has 0 aromatic carbocycles. The minimum Gasteiger partial charge on any atom is -0.480 e. The van der Waals surface area contributed by atoms with Crippen molar-refractivity contribution < 1.29 is 19.4 Å². The van der Waals surface area contributed by atoms with Crippen LogP contribution in [0.4, 0.5) is 4.79 Å². The van der Waals surface area contributed by atoms with Crippen molar-refractivity contribution in [2.45, 2.75) is 44.1 Å². The number of carbonyl (C=O) groups excluding carboxylic acids is 1. The average molecular weight is 316 g/mol. The summed E-state index contributed by atoms with van der Waals surface area (Å²) >= 11 is 1.56. The summed E-state index contributed by atoms with van der Waals surface area (Å²) < 4.78 is 5.32. The van der Waals surface area contributed by atoms with Crippen LogP contribution < -0.4 is 0 Å². The van der Waals surface area contributed by atoms with E-state index in [0.29, 0.717) is 19.0 Å². The number of nitrogens with zero attached hydrogens (tertiary/aromatic N) is 2. The molecule has 2 fully saturated rings. The van der Waals surface area contributed by atoms with E-state index in [4.69, 9.17) is 4.74 Å². The molecule has 2 atom stereocenters. The zero-order chi connectivity index (χ0) is 15.6. The summed E-state index contributed by atoms with van der Waals surface area (Å²) in [5.74, 6) is -0.225. The third-order valence-corrected chi connectivity index (χ3v) is 5.77. The Bertz CT molecular complexity index is 398. The normalized spacial score (nSPS) is 27.1. The van der Waals surface area contributed by atoms with Gasteiger partial charge in [0.25, 0.3) is 0 Å². The summed E-state index contributed by atoms with van der Waals surface area (Å²) in [7, 11) is 1.78. The van der Waals surface area contributed by atoms with Crippen LogP contribution >= 0.6 is 11.8 Å². The summed E-state index contributed by atoms with van der Waals surface area (Å²) in [5.41, 5.74) is 0. The summed E-state index contributed by atoms with van der Waals surface area (Å²) in [6.07, 6.45) is 1.63. The molecule has 2 heterocycles. The molecule has 2 aliphatic heterocycles. The second-order valence-electron chi connectivity index (χ2n) is 5.97. The van der Waals surface area contributed by atoms with Crippen molar-refractivity contribution >= 4 is 23.8 Å². The number of carboxylic acids is 1. The van der Waals surface area contributed by atoms with Crippen molar-refractivity contribution in [2.24, 2.45) is 5.92 Å². The van der Waals surface area contributed by atoms with Crippen LogP contribution in [0.5, 0.6) is 0 Å². The van der Waals surface area contributed by atoms with Crippen LogP contribution in [0.25, 0.3) is 0 Å². The number of aliphatic carboxylic acids is 1. The molecule has 0 aromatic heterocycles. The van der Waals surface area contributed by atoms with Crippen LogP contribution in [-0.2, 0) is 9.53 Å². The van der Waals surface area contributed by atoms with E-state index >= 15 is 0 Å². The molecule has 2 aliphatic rings. The van der Waals surface area contributed by atoms with E-state index in [9.17, 15) is 14.7 Å². The van der Waals surface area contributed by atoms with Crippen LogP contribution in [0.3, 0.4) is 0 Å². The largest absolute Gasteiger partial charge is 0.480 e. The monoisotopic (exact) mass is 316 g/mol. The highest BCUT2D eigenvalue weighted by Crippen LogP contribution is 2.35. The fourth-order valence-corrected chi connectivity index (χ4v) is 4.35. The Morgan fingerprint density at radius 1 is 1.33 bits per heavy atom. The van der Waals surface area contributed by atoms with Gasteiger partial charge in [0.2, 0.25) is 0 Å². The topological polar surface area (TPSA) is 70.1 Å².